The molecule has 0 fully saturated rings. The highest BCUT2D eigenvalue weighted by atomic mass is 15.4. The molecule has 0 atom stereocenters. The molecule has 0 aromatic carbocycles. The molecule has 0 bridgehead atoms. The molecule has 50 valence electrons. The SMILES string of the molecule is CCC1=CC=C(C)NN1. The fraction of sp³-hybridized carbons (Fsp3) is 0.429. The zero-order valence-corrected chi connectivity index (χ0v) is 5.86. The topological polar surface area (TPSA) is 24.1 Å². The zero-order chi connectivity index (χ0) is 6.69. The van der Waals surface area contributed by atoms with Gasteiger partial charge in [0.05, 0.1) is 0 Å². The third kappa shape index (κ3) is 1.49. The molecule has 2 heteroatoms. The van der Waals surface area contributed by atoms with Crippen molar-refractivity contribution in [2.75, 3.05) is 0 Å². The molecule has 0 saturated carbocycles. The van der Waals surface area contributed by atoms with E-state index in [1.54, 1.807) is 0 Å². The van der Waals surface area contributed by atoms with Crippen LogP contribution in [0.25, 0.3) is 0 Å². The monoisotopic (exact) mass is 124 g/mol. The maximum Gasteiger partial charge on any atom is 0.0311 e. The molecular formula is C7H12N2. The van der Waals surface area contributed by atoms with Crippen molar-refractivity contribution in [3.8, 4) is 0 Å². The van der Waals surface area contributed by atoms with Gasteiger partial charge in [-0.15, -0.1) is 0 Å². The third-order valence-electron chi connectivity index (χ3n) is 1.34. The molecule has 0 radical (unpaired) electrons. The number of nitrogens with one attached hydrogen (secondary N) is 2. The molecule has 0 aromatic heterocycles. The van der Waals surface area contributed by atoms with Crippen LogP contribution in [0, 0.1) is 0 Å². The van der Waals surface area contributed by atoms with Gasteiger partial charge in [0.2, 0.25) is 0 Å². The predicted octanol–water partition coefficient (Wildman–Crippen LogP) is 1.29. The van der Waals surface area contributed by atoms with Crippen molar-refractivity contribution >= 4 is 0 Å². The normalized spacial score (nSPS) is 17.1. The maximum atomic E-state index is 3.06. The van der Waals surface area contributed by atoms with Gasteiger partial charge in [0.1, 0.15) is 0 Å². The minimum absolute atomic E-state index is 1.05. The summed E-state index contributed by atoms with van der Waals surface area (Å²) in [6, 6.07) is 0. The highest BCUT2D eigenvalue weighted by Crippen LogP contribution is 2.00. The predicted molar refractivity (Wildman–Crippen MR) is 38.4 cm³/mol. The van der Waals surface area contributed by atoms with Crippen LogP contribution in [0.1, 0.15) is 20.3 Å². The van der Waals surface area contributed by atoms with Crippen molar-refractivity contribution in [1.82, 2.24) is 10.9 Å². The minimum Gasteiger partial charge on any atom is -0.306 e. The molecule has 0 aromatic rings. The summed E-state index contributed by atoms with van der Waals surface area (Å²) in [7, 11) is 0. The van der Waals surface area contributed by atoms with Crippen LogP contribution in [0.15, 0.2) is 23.5 Å². The summed E-state index contributed by atoms with van der Waals surface area (Å²) in [6.07, 6.45) is 5.21. The lowest BCUT2D eigenvalue weighted by atomic mass is 10.3. The van der Waals surface area contributed by atoms with Gasteiger partial charge in [-0.25, -0.2) is 0 Å². The smallest absolute Gasteiger partial charge is 0.0311 e. The molecule has 1 rings (SSSR count). The Labute approximate surface area is 55.6 Å². The van der Waals surface area contributed by atoms with Crippen molar-refractivity contribution < 1.29 is 0 Å². The third-order valence-corrected chi connectivity index (χ3v) is 1.34. The van der Waals surface area contributed by atoms with Crippen molar-refractivity contribution in [1.29, 1.82) is 0 Å². The molecular weight excluding hydrogens is 112 g/mol. The summed E-state index contributed by atoms with van der Waals surface area (Å²) < 4.78 is 0. The van der Waals surface area contributed by atoms with Gasteiger partial charge in [0.25, 0.3) is 0 Å². The van der Waals surface area contributed by atoms with Crippen LogP contribution in [-0.2, 0) is 0 Å². The van der Waals surface area contributed by atoms with E-state index in [1.165, 1.54) is 5.70 Å². The number of hydrazine groups is 1. The lowest BCUT2D eigenvalue weighted by molar-refractivity contribution is 0.655. The fourth-order valence-electron chi connectivity index (χ4n) is 0.694. The van der Waals surface area contributed by atoms with Crippen molar-refractivity contribution in [3.05, 3.63) is 23.5 Å². The molecule has 0 amide bonds. The molecule has 0 spiro atoms. The highest BCUT2D eigenvalue weighted by molar-refractivity contribution is 5.18. The second-order valence-corrected chi connectivity index (χ2v) is 2.15. The highest BCUT2D eigenvalue weighted by Gasteiger charge is 1.95. The summed E-state index contributed by atoms with van der Waals surface area (Å²) in [6.45, 7) is 4.14. The van der Waals surface area contributed by atoms with Crippen molar-refractivity contribution in [2.45, 2.75) is 20.3 Å². The molecule has 1 aliphatic heterocycles. The first kappa shape index (κ1) is 6.20. The quantitative estimate of drug-likeness (QED) is 0.550. The Morgan fingerprint density at radius 1 is 1.33 bits per heavy atom. The lowest BCUT2D eigenvalue weighted by Gasteiger charge is -2.15. The van der Waals surface area contributed by atoms with E-state index in [0.29, 0.717) is 0 Å². The first-order valence-electron chi connectivity index (χ1n) is 3.22. The Hall–Kier alpha value is -0.920. The first-order valence-corrected chi connectivity index (χ1v) is 3.22. The van der Waals surface area contributed by atoms with E-state index >= 15 is 0 Å². The number of hydrogen-bond donors (Lipinski definition) is 2. The minimum atomic E-state index is 1.05. The van der Waals surface area contributed by atoms with Gasteiger partial charge >= 0.3 is 0 Å². The van der Waals surface area contributed by atoms with Crippen LogP contribution >= 0.6 is 0 Å². The van der Waals surface area contributed by atoms with Crippen molar-refractivity contribution in [3.63, 3.8) is 0 Å². The van der Waals surface area contributed by atoms with Crippen LogP contribution < -0.4 is 10.9 Å². The van der Waals surface area contributed by atoms with Gasteiger partial charge in [-0.05, 0) is 25.5 Å². The van der Waals surface area contributed by atoms with Crippen LogP contribution in [0.3, 0.4) is 0 Å². The van der Waals surface area contributed by atoms with Crippen LogP contribution in [0.2, 0.25) is 0 Å². The Balaban J connectivity index is 2.59. The average molecular weight is 124 g/mol. The molecule has 9 heavy (non-hydrogen) atoms. The van der Waals surface area contributed by atoms with Crippen LogP contribution in [0.4, 0.5) is 0 Å². The van der Waals surface area contributed by atoms with E-state index in [2.05, 4.69) is 29.9 Å². The molecule has 2 nitrogen and oxygen atoms in total. The number of rotatable bonds is 1. The van der Waals surface area contributed by atoms with E-state index < -0.39 is 0 Å². The van der Waals surface area contributed by atoms with Gasteiger partial charge in [-0.1, -0.05) is 6.92 Å². The molecule has 1 heterocycles. The largest absolute Gasteiger partial charge is 0.306 e. The maximum absolute atomic E-state index is 3.06. The summed E-state index contributed by atoms with van der Waals surface area (Å²) in [5, 5.41) is 0. The van der Waals surface area contributed by atoms with E-state index in [9.17, 15) is 0 Å². The van der Waals surface area contributed by atoms with Gasteiger partial charge in [0, 0.05) is 11.4 Å². The second-order valence-electron chi connectivity index (χ2n) is 2.15. The Morgan fingerprint density at radius 2 is 2.11 bits per heavy atom. The van der Waals surface area contributed by atoms with E-state index in [0.717, 1.165) is 12.1 Å². The summed E-state index contributed by atoms with van der Waals surface area (Å²) in [5.74, 6) is 0. The van der Waals surface area contributed by atoms with Crippen molar-refractivity contribution in [2.24, 2.45) is 0 Å². The Morgan fingerprint density at radius 3 is 2.56 bits per heavy atom. The van der Waals surface area contributed by atoms with Gasteiger partial charge in [-0.2, -0.15) is 0 Å². The van der Waals surface area contributed by atoms with Gasteiger partial charge < -0.3 is 10.9 Å². The molecule has 0 aliphatic carbocycles. The zero-order valence-electron chi connectivity index (χ0n) is 5.86. The van der Waals surface area contributed by atoms with E-state index in [4.69, 9.17) is 0 Å². The summed E-state index contributed by atoms with van der Waals surface area (Å²) in [4.78, 5) is 0. The Kier molecular flexibility index (Phi) is 1.78. The average Bonchev–Trinajstić information content (AvgIpc) is 1.90. The second kappa shape index (κ2) is 2.58. The molecule has 2 N–H and O–H groups in total. The molecule has 1 aliphatic rings. The van der Waals surface area contributed by atoms with Crippen LogP contribution in [0.5, 0.6) is 0 Å². The van der Waals surface area contributed by atoms with E-state index in [-0.39, 0.29) is 0 Å². The standard InChI is InChI=1S/C7H12N2/c1-3-7-5-4-6(2)8-9-7/h4-5,8-9H,3H2,1-2H3. The van der Waals surface area contributed by atoms with Gasteiger partial charge in [0.15, 0.2) is 0 Å². The summed E-state index contributed by atoms with van der Waals surface area (Å²) >= 11 is 0. The number of allylic oxidation sites excluding steroid dienone is 4. The molecule has 0 unspecified atom stereocenters. The van der Waals surface area contributed by atoms with E-state index in [1.807, 2.05) is 6.92 Å². The molecule has 0 saturated heterocycles. The first-order chi connectivity index (χ1) is 4.33. The van der Waals surface area contributed by atoms with Gasteiger partial charge in [-0.3, -0.25) is 0 Å². The summed E-state index contributed by atoms with van der Waals surface area (Å²) in [5.41, 5.74) is 8.48. The fourth-order valence-corrected chi connectivity index (χ4v) is 0.694. The lowest BCUT2D eigenvalue weighted by Crippen LogP contribution is -2.31. The van der Waals surface area contributed by atoms with Crippen LogP contribution in [-0.4, -0.2) is 0 Å². The number of hydrogen-bond acceptors (Lipinski definition) is 2. The Bertz CT molecular complexity index is 156.